The average Bonchev–Trinajstić information content (AvgIpc) is 2.93. The minimum Gasteiger partial charge on any atom is -0.486 e. The number of benzene rings is 4. The van der Waals surface area contributed by atoms with E-state index in [9.17, 15) is 14.7 Å². The molecular weight excluding hydrogens is 480 g/mol. The highest BCUT2D eigenvalue weighted by atomic mass is 16.6. The van der Waals surface area contributed by atoms with Gasteiger partial charge < -0.3 is 19.3 Å². The number of carbonyl (C=O) groups excluding carboxylic acids is 1. The molecule has 0 spiro atoms. The molecule has 6 nitrogen and oxygen atoms in total. The van der Waals surface area contributed by atoms with Crippen LogP contribution < -0.4 is 14.2 Å². The number of rotatable bonds is 6. The second-order valence-electron chi connectivity index (χ2n) is 9.57. The third kappa shape index (κ3) is 4.39. The molecule has 0 amide bonds. The van der Waals surface area contributed by atoms with Crippen LogP contribution in [0.4, 0.5) is 0 Å². The predicted molar refractivity (Wildman–Crippen MR) is 141 cm³/mol. The number of fused-ring (bicyclic) bond motifs is 1. The van der Waals surface area contributed by atoms with Crippen molar-refractivity contribution >= 4 is 11.9 Å². The van der Waals surface area contributed by atoms with E-state index in [1.807, 2.05) is 97.1 Å². The molecule has 4 atom stereocenters. The van der Waals surface area contributed by atoms with Gasteiger partial charge in [0.2, 0.25) is 0 Å². The summed E-state index contributed by atoms with van der Waals surface area (Å²) in [6.07, 6.45) is 0. The molecule has 1 N–H and O–H groups in total. The Morgan fingerprint density at radius 1 is 0.658 bits per heavy atom. The molecule has 1 saturated carbocycles. The Morgan fingerprint density at radius 2 is 1.26 bits per heavy atom. The summed E-state index contributed by atoms with van der Waals surface area (Å²) in [6.45, 7) is 1.02. The van der Waals surface area contributed by atoms with Crippen LogP contribution in [0.5, 0.6) is 17.2 Å². The van der Waals surface area contributed by atoms with Crippen molar-refractivity contribution in [1.82, 2.24) is 0 Å². The summed E-state index contributed by atoms with van der Waals surface area (Å²) < 4.78 is 17.3. The Bertz CT molecular complexity index is 1420. The Hall–Kier alpha value is -4.58. The minimum atomic E-state index is -0.919. The van der Waals surface area contributed by atoms with Crippen molar-refractivity contribution in [3.8, 4) is 28.4 Å². The summed E-state index contributed by atoms with van der Waals surface area (Å²) in [4.78, 5) is 26.1. The smallest absolute Gasteiger partial charge is 0.315 e. The van der Waals surface area contributed by atoms with Crippen LogP contribution in [0.2, 0.25) is 0 Å². The van der Waals surface area contributed by atoms with Crippen LogP contribution in [0, 0.1) is 11.8 Å². The highest BCUT2D eigenvalue weighted by Gasteiger charge is 2.59. The van der Waals surface area contributed by atoms with Crippen molar-refractivity contribution in [2.45, 2.75) is 11.8 Å². The molecule has 1 aliphatic heterocycles. The van der Waals surface area contributed by atoms with Gasteiger partial charge >= 0.3 is 11.9 Å². The number of ether oxygens (including phenoxy) is 3. The summed E-state index contributed by atoms with van der Waals surface area (Å²) in [7, 11) is 0. The molecule has 0 aromatic heterocycles. The molecule has 0 saturated heterocycles. The van der Waals surface area contributed by atoms with Gasteiger partial charge in [0.05, 0.1) is 11.8 Å². The maximum atomic E-state index is 13.7. The lowest BCUT2D eigenvalue weighted by molar-refractivity contribution is -0.158. The maximum Gasteiger partial charge on any atom is 0.315 e. The Balaban J connectivity index is 1.31. The van der Waals surface area contributed by atoms with E-state index < -0.39 is 35.6 Å². The van der Waals surface area contributed by atoms with E-state index in [1.165, 1.54) is 0 Å². The molecule has 4 aromatic carbocycles. The monoisotopic (exact) mass is 506 g/mol. The normalized spacial score (nSPS) is 21.7. The van der Waals surface area contributed by atoms with Gasteiger partial charge in [0.25, 0.3) is 0 Å². The molecule has 1 unspecified atom stereocenters. The summed E-state index contributed by atoms with van der Waals surface area (Å²) in [6, 6.07) is 31.8. The van der Waals surface area contributed by atoms with Gasteiger partial charge in [-0.15, -0.1) is 0 Å². The van der Waals surface area contributed by atoms with Crippen LogP contribution in [0.3, 0.4) is 0 Å². The first-order valence-electron chi connectivity index (χ1n) is 12.6. The fourth-order valence-corrected chi connectivity index (χ4v) is 5.67. The van der Waals surface area contributed by atoms with Gasteiger partial charge in [-0.1, -0.05) is 78.9 Å². The van der Waals surface area contributed by atoms with Crippen LogP contribution in [-0.4, -0.2) is 30.3 Å². The first-order valence-corrected chi connectivity index (χ1v) is 12.6. The maximum absolute atomic E-state index is 13.7. The molecule has 1 heterocycles. The van der Waals surface area contributed by atoms with Crippen molar-refractivity contribution in [3.05, 3.63) is 114 Å². The third-order valence-corrected chi connectivity index (χ3v) is 7.40. The van der Waals surface area contributed by atoms with Crippen molar-refractivity contribution in [3.63, 3.8) is 0 Å². The largest absolute Gasteiger partial charge is 0.486 e. The average molecular weight is 507 g/mol. The van der Waals surface area contributed by atoms with Gasteiger partial charge in [0.1, 0.15) is 19.0 Å². The van der Waals surface area contributed by atoms with Crippen molar-refractivity contribution in [2.75, 3.05) is 13.2 Å². The van der Waals surface area contributed by atoms with Crippen LogP contribution in [0.25, 0.3) is 11.1 Å². The van der Waals surface area contributed by atoms with Crippen LogP contribution in [0.1, 0.15) is 23.0 Å². The van der Waals surface area contributed by atoms with Gasteiger partial charge in [-0.3, -0.25) is 9.59 Å². The molecule has 0 bridgehead atoms. The Kier molecular flexibility index (Phi) is 6.30. The second-order valence-corrected chi connectivity index (χ2v) is 9.57. The zero-order valence-corrected chi connectivity index (χ0v) is 20.5. The second kappa shape index (κ2) is 10.1. The molecule has 190 valence electrons. The molecular formula is C32H26O6. The number of esters is 1. The first-order chi connectivity index (χ1) is 18.6. The summed E-state index contributed by atoms with van der Waals surface area (Å²) in [5.41, 5.74) is 3.41. The number of aliphatic carboxylic acids is 1. The number of hydrogen-bond acceptors (Lipinski definition) is 5. The van der Waals surface area contributed by atoms with Gasteiger partial charge in [-0.2, -0.15) is 0 Å². The lowest BCUT2D eigenvalue weighted by Gasteiger charge is -2.48. The highest BCUT2D eigenvalue weighted by Crippen LogP contribution is 2.58. The molecule has 2 aliphatic rings. The minimum absolute atomic E-state index is 0.403. The van der Waals surface area contributed by atoms with E-state index in [-0.39, 0.29) is 0 Å². The lowest BCUT2D eigenvalue weighted by atomic mass is 9.52. The summed E-state index contributed by atoms with van der Waals surface area (Å²) in [5.74, 6) is -1.93. The lowest BCUT2D eigenvalue weighted by Crippen LogP contribution is -2.52. The zero-order valence-electron chi connectivity index (χ0n) is 20.5. The fourth-order valence-electron chi connectivity index (χ4n) is 5.67. The molecule has 6 heteroatoms. The molecule has 6 rings (SSSR count). The fraction of sp³-hybridized carbons (Fsp3) is 0.188. The standard InChI is InChI=1S/C32H26O6/c33-31(34)29-27(20-8-3-1-4-9-20)30(28(29)21-10-5-2-6-11-21)32(35)38-24-13-7-12-22(18-24)23-14-15-25-26(19-23)37-17-16-36-25/h1-15,18-19,27-30H,16-17H2,(H,33,34)/t27-,28+,29-,30?. The highest BCUT2D eigenvalue weighted by molar-refractivity contribution is 5.86. The molecule has 38 heavy (non-hydrogen) atoms. The number of carbonyl (C=O) groups is 2. The van der Waals surface area contributed by atoms with E-state index in [4.69, 9.17) is 14.2 Å². The SMILES string of the molecule is O=C(Oc1cccc(-c2ccc3c(c2)OCCO3)c1)C1[C@@H](c2ccccc2)[C@H](C(=O)O)[C@H]1c1ccccc1. The van der Waals surface area contributed by atoms with Crippen molar-refractivity contribution < 1.29 is 28.9 Å². The number of hydrogen-bond donors (Lipinski definition) is 1. The van der Waals surface area contributed by atoms with Crippen molar-refractivity contribution in [2.24, 2.45) is 11.8 Å². The van der Waals surface area contributed by atoms with Gasteiger partial charge in [-0.25, -0.2) is 0 Å². The van der Waals surface area contributed by atoms with Crippen LogP contribution >= 0.6 is 0 Å². The predicted octanol–water partition coefficient (Wildman–Crippen LogP) is 5.93. The van der Waals surface area contributed by atoms with Gasteiger partial charge in [0.15, 0.2) is 11.5 Å². The topological polar surface area (TPSA) is 82.1 Å². The van der Waals surface area contributed by atoms with E-state index >= 15 is 0 Å². The summed E-state index contributed by atoms with van der Waals surface area (Å²) in [5, 5.41) is 10.2. The summed E-state index contributed by atoms with van der Waals surface area (Å²) >= 11 is 0. The van der Waals surface area contributed by atoms with Crippen LogP contribution in [-0.2, 0) is 9.59 Å². The molecule has 1 aliphatic carbocycles. The van der Waals surface area contributed by atoms with Crippen LogP contribution in [0.15, 0.2) is 103 Å². The van der Waals surface area contributed by atoms with E-state index in [1.54, 1.807) is 6.07 Å². The first kappa shape index (κ1) is 23.8. The van der Waals surface area contributed by atoms with E-state index in [2.05, 4.69) is 0 Å². The molecule has 0 radical (unpaired) electrons. The Morgan fingerprint density at radius 3 is 1.89 bits per heavy atom. The van der Waals surface area contributed by atoms with E-state index in [0.29, 0.717) is 30.5 Å². The quantitative estimate of drug-likeness (QED) is 0.258. The van der Waals surface area contributed by atoms with E-state index in [0.717, 1.165) is 22.3 Å². The van der Waals surface area contributed by atoms with Gasteiger partial charge in [0, 0.05) is 11.8 Å². The van der Waals surface area contributed by atoms with Crippen molar-refractivity contribution in [1.29, 1.82) is 0 Å². The van der Waals surface area contributed by atoms with Gasteiger partial charge in [-0.05, 0) is 46.5 Å². The molecule has 1 fully saturated rings. The zero-order chi connectivity index (χ0) is 26.1. The molecule has 4 aromatic rings. The number of carboxylic acids is 1. The Labute approximate surface area is 220 Å². The third-order valence-electron chi connectivity index (χ3n) is 7.40. The number of carboxylic acid groups (broad SMARTS) is 1.